The molecule has 0 bridgehead atoms. The fraction of sp³-hybridized carbons (Fsp3) is 0.500. The van der Waals surface area contributed by atoms with Crippen LogP contribution in [0.5, 0.6) is 17.2 Å². The first-order chi connectivity index (χ1) is 15.7. The minimum atomic E-state index is -0.0867. The maximum atomic E-state index is 12.8. The van der Waals surface area contributed by atoms with E-state index in [0.29, 0.717) is 23.2 Å². The lowest BCUT2D eigenvalue weighted by molar-refractivity contribution is 0.0545. The first-order valence-corrected chi connectivity index (χ1v) is 11.2. The molecule has 1 aromatic carbocycles. The Hall–Kier alpha value is -3.00. The quantitative estimate of drug-likeness (QED) is 0.739. The Morgan fingerprint density at radius 2 is 1.66 bits per heavy atom. The van der Waals surface area contributed by atoms with Crippen LogP contribution in [0.15, 0.2) is 42.7 Å². The van der Waals surface area contributed by atoms with E-state index in [1.807, 2.05) is 23.1 Å². The van der Waals surface area contributed by atoms with Gasteiger partial charge < -0.3 is 24.4 Å². The van der Waals surface area contributed by atoms with Crippen molar-refractivity contribution in [2.24, 2.45) is 0 Å². The highest BCUT2D eigenvalue weighted by Crippen LogP contribution is 2.30. The molecule has 0 aliphatic carbocycles. The Bertz CT molecular complexity index is 879. The summed E-state index contributed by atoms with van der Waals surface area (Å²) in [6.07, 6.45) is 7.82. The molecule has 0 atom stereocenters. The Labute approximate surface area is 189 Å². The molecule has 2 fully saturated rings. The van der Waals surface area contributed by atoms with Crippen LogP contribution in [0, 0.1) is 0 Å². The summed E-state index contributed by atoms with van der Waals surface area (Å²) < 4.78 is 16.7. The molecular formula is C24H32N4O4. The van der Waals surface area contributed by atoms with E-state index < -0.39 is 0 Å². The van der Waals surface area contributed by atoms with Gasteiger partial charge in [-0.2, -0.15) is 0 Å². The van der Waals surface area contributed by atoms with Crippen LogP contribution >= 0.6 is 0 Å². The zero-order valence-electron chi connectivity index (χ0n) is 18.8. The highest BCUT2D eigenvalue weighted by atomic mass is 16.5. The molecule has 1 aromatic heterocycles. The maximum absolute atomic E-state index is 12.8. The van der Waals surface area contributed by atoms with E-state index in [0.717, 1.165) is 57.6 Å². The summed E-state index contributed by atoms with van der Waals surface area (Å²) in [4.78, 5) is 21.3. The van der Waals surface area contributed by atoms with Crippen molar-refractivity contribution in [1.29, 1.82) is 0 Å². The SMILES string of the molecule is COc1ccc(NC(=O)N2CCC(N3CCC(Oc4ccncc4)CC3)CC2)c(OC)c1. The van der Waals surface area contributed by atoms with Crippen LogP contribution in [0.3, 0.4) is 0 Å². The average Bonchev–Trinajstić information content (AvgIpc) is 2.85. The largest absolute Gasteiger partial charge is 0.497 e. The molecule has 1 N–H and O–H groups in total. The lowest BCUT2D eigenvalue weighted by atomic mass is 9.99. The van der Waals surface area contributed by atoms with Crippen LogP contribution in [0.2, 0.25) is 0 Å². The van der Waals surface area contributed by atoms with Crippen molar-refractivity contribution in [1.82, 2.24) is 14.8 Å². The predicted molar refractivity (Wildman–Crippen MR) is 123 cm³/mol. The highest BCUT2D eigenvalue weighted by Gasteiger charge is 2.30. The smallest absolute Gasteiger partial charge is 0.321 e. The number of benzene rings is 1. The summed E-state index contributed by atoms with van der Waals surface area (Å²) in [6, 6.07) is 9.65. The van der Waals surface area contributed by atoms with Crippen LogP contribution in [-0.2, 0) is 0 Å². The molecule has 8 heteroatoms. The number of piperidine rings is 2. The van der Waals surface area contributed by atoms with E-state index in [4.69, 9.17) is 14.2 Å². The van der Waals surface area contributed by atoms with Gasteiger partial charge >= 0.3 is 6.03 Å². The van der Waals surface area contributed by atoms with E-state index in [1.165, 1.54) is 0 Å². The number of methoxy groups -OCH3 is 2. The molecule has 0 saturated carbocycles. The number of carbonyl (C=O) groups excluding carboxylic acids is 1. The van der Waals surface area contributed by atoms with Crippen molar-refractivity contribution in [3.63, 3.8) is 0 Å². The summed E-state index contributed by atoms with van der Waals surface area (Å²) in [6.45, 7) is 3.58. The number of rotatable bonds is 6. The van der Waals surface area contributed by atoms with Crippen molar-refractivity contribution < 1.29 is 19.0 Å². The fourth-order valence-corrected chi connectivity index (χ4v) is 4.50. The van der Waals surface area contributed by atoms with Crippen molar-refractivity contribution in [2.75, 3.05) is 45.7 Å². The van der Waals surface area contributed by atoms with Crippen LogP contribution in [0.1, 0.15) is 25.7 Å². The zero-order chi connectivity index (χ0) is 22.3. The lowest BCUT2D eigenvalue weighted by Crippen LogP contribution is -2.50. The second kappa shape index (κ2) is 10.5. The minimum Gasteiger partial charge on any atom is -0.497 e. The van der Waals surface area contributed by atoms with E-state index in [1.54, 1.807) is 38.7 Å². The van der Waals surface area contributed by atoms with Crippen LogP contribution in [0.25, 0.3) is 0 Å². The van der Waals surface area contributed by atoms with Gasteiger partial charge in [-0.3, -0.25) is 9.88 Å². The molecule has 8 nitrogen and oxygen atoms in total. The number of nitrogens with one attached hydrogen (secondary N) is 1. The molecule has 0 radical (unpaired) electrons. The molecule has 2 aliphatic heterocycles. The molecule has 2 aliphatic rings. The van der Waals surface area contributed by atoms with Gasteiger partial charge in [-0.15, -0.1) is 0 Å². The Kier molecular flexibility index (Phi) is 7.32. The van der Waals surface area contributed by atoms with Crippen molar-refractivity contribution in [2.45, 2.75) is 37.8 Å². The number of likely N-dealkylation sites (tertiary alicyclic amines) is 2. The third-order valence-corrected chi connectivity index (χ3v) is 6.35. The molecule has 0 unspecified atom stereocenters. The van der Waals surface area contributed by atoms with Crippen LogP contribution in [-0.4, -0.2) is 73.4 Å². The van der Waals surface area contributed by atoms with Crippen LogP contribution in [0.4, 0.5) is 10.5 Å². The molecule has 2 saturated heterocycles. The molecule has 3 heterocycles. The fourth-order valence-electron chi connectivity index (χ4n) is 4.50. The Morgan fingerprint density at radius 3 is 2.31 bits per heavy atom. The molecular weight excluding hydrogens is 408 g/mol. The van der Waals surface area contributed by atoms with Gasteiger partial charge in [0, 0.05) is 50.7 Å². The number of ether oxygens (including phenoxy) is 3. The number of carbonyl (C=O) groups is 1. The summed E-state index contributed by atoms with van der Waals surface area (Å²) in [5, 5.41) is 2.98. The van der Waals surface area contributed by atoms with Crippen molar-refractivity contribution in [3.8, 4) is 17.2 Å². The number of urea groups is 1. The number of anilines is 1. The average molecular weight is 441 g/mol. The van der Waals surface area contributed by atoms with Crippen molar-refractivity contribution >= 4 is 11.7 Å². The second-order valence-electron chi connectivity index (χ2n) is 8.25. The van der Waals surface area contributed by atoms with Gasteiger partial charge in [-0.1, -0.05) is 0 Å². The van der Waals surface area contributed by atoms with Crippen LogP contribution < -0.4 is 19.5 Å². The van der Waals surface area contributed by atoms with E-state index in [2.05, 4.69) is 15.2 Å². The number of aromatic nitrogens is 1. The molecule has 172 valence electrons. The highest BCUT2D eigenvalue weighted by molar-refractivity contribution is 5.91. The van der Waals surface area contributed by atoms with Gasteiger partial charge in [0.2, 0.25) is 0 Å². The Balaban J connectivity index is 1.23. The summed E-state index contributed by atoms with van der Waals surface area (Å²) >= 11 is 0. The van der Waals surface area contributed by atoms with Gasteiger partial charge in [0.15, 0.2) is 0 Å². The number of amides is 2. The summed E-state index contributed by atoms with van der Waals surface area (Å²) in [7, 11) is 3.19. The lowest BCUT2D eigenvalue weighted by Gasteiger charge is -2.41. The topological polar surface area (TPSA) is 76.2 Å². The minimum absolute atomic E-state index is 0.0867. The van der Waals surface area contributed by atoms with Gasteiger partial charge in [0.05, 0.1) is 19.9 Å². The molecule has 4 rings (SSSR count). The van der Waals surface area contributed by atoms with E-state index in [-0.39, 0.29) is 12.1 Å². The second-order valence-corrected chi connectivity index (χ2v) is 8.25. The number of pyridine rings is 1. The first kappa shape index (κ1) is 22.2. The zero-order valence-corrected chi connectivity index (χ0v) is 18.8. The number of hydrogen-bond acceptors (Lipinski definition) is 6. The Morgan fingerprint density at radius 1 is 0.938 bits per heavy atom. The van der Waals surface area contributed by atoms with Crippen molar-refractivity contribution in [3.05, 3.63) is 42.7 Å². The maximum Gasteiger partial charge on any atom is 0.321 e. The summed E-state index contributed by atoms with van der Waals surface area (Å²) in [5.41, 5.74) is 0.650. The molecule has 2 aromatic rings. The molecule has 2 amide bonds. The molecule has 32 heavy (non-hydrogen) atoms. The third-order valence-electron chi connectivity index (χ3n) is 6.35. The third kappa shape index (κ3) is 5.43. The van der Waals surface area contributed by atoms with Gasteiger partial charge in [0.1, 0.15) is 23.4 Å². The van der Waals surface area contributed by atoms with Gasteiger partial charge in [0.25, 0.3) is 0 Å². The van der Waals surface area contributed by atoms with E-state index in [9.17, 15) is 4.79 Å². The number of nitrogens with zero attached hydrogens (tertiary/aromatic N) is 3. The van der Waals surface area contributed by atoms with Gasteiger partial charge in [-0.05, 0) is 49.9 Å². The summed E-state index contributed by atoms with van der Waals surface area (Å²) in [5.74, 6) is 2.17. The van der Waals surface area contributed by atoms with Gasteiger partial charge in [-0.25, -0.2) is 4.79 Å². The normalized spacial score (nSPS) is 18.2. The predicted octanol–water partition coefficient (Wildman–Crippen LogP) is 3.64. The molecule has 0 spiro atoms. The number of hydrogen-bond donors (Lipinski definition) is 1. The first-order valence-electron chi connectivity index (χ1n) is 11.2. The standard InChI is InChI=1S/C24H32N4O4/c1-30-21-3-4-22(23(17-21)31-2)26-24(29)28-13-7-18(8-14-28)27-15-9-20(10-16-27)32-19-5-11-25-12-6-19/h3-6,11-12,17-18,20H,7-10,13-16H2,1-2H3,(H,26,29). The monoisotopic (exact) mass is 440 g/mol. The van der Waals surface area contributed by atoms with E-state index >= 15 is 0 Å².